The van der Waals surface area contributed by atoms with Crippen molar-refractivity contribution in [3.8, 4) is 5.75 Å². The van der Waals surface area contributed by atoms with E-state index in [0.717, 1.165) is 0 Å². The Morgan fingerprint density at radius 2 is 1.84 bits per heavy atom. The maximum atomic E-state index is 11.8. The number of hydrogen-bond acceptors (Lipinski definition) is 4. The van der Waals surface area contributed by atoms with Gasteiger partial charge in [0.25, 0.3) is 5.91 Å². The first-order chi connectivity index (χ1) is 9.06. The van der Waals surface area contributed by atoms with Crippen LogP contribution in [0.15, 0.2) is 24.3 Å². The maximum Gasteiger partial charge on any atom is 0.260 e. The second-order valence-electron chi connectivity index (χ2n) is 3.86. The van der Waals surface area contributed by atoms with Gasteiger partial charge in [0.05, 0.1) is 6.54 Å². The van der Waals surface area contributed by atoms with Gasteiger partial charge in [-0.3, -0.25) is 4.79 Å². The number of rotatable bonds is 7. The summed E-state index contributed by atoms with van der Waals surface area (Å²) in [5.41, 5.74) is 0. The van der Waals surface area contributed by atoms with Crippen LogP contribution in [0.25, 0.3) is 0 Å². The monoisotopic (exact) mass is 287 g/mol. The van der Waals surface area contributed by atoms with Crippen LogP contribution < -0.4 is 10.1 Å². The van der Waals surface area contributed by atoms with Crippen molar-refractivity contribution in [1.29, 1.82) is 0 Å². The molecule has 0 heterocycles. The van der Waals surface area contributed by atoms with Crippen LogP contribution in [0.2, 0.25) is 5.02 Å². The summed E-state index contributed by atoms with van der Waals surface area (Å²) in [7, 11) is 3.02. The van der Waals surface area contributed by atoms with Gasteiger partial charge >= 0.3 is 0 Å². The molecule has 0 aliphatic heterocycles. The molecule has 0 spiro atoms. The highest BCUT2D eigenvalue weighted by Crippen LogP contribution is 2.16. The van der Waals surface area contributed by atoms with Gasteiger partial charge in [-0.05, 0) is 31.2 Å². The first kappa shape index (κ1) is 15.8. The molecule has 0 bridgehead atoms. The molecule has 0 aliphatic rings. The Hall–Kier alpha value is -1.30. The van der Waals surface area contributed by atoms with Crippen molar-refractivity contribution < 1.29 is 19.0 Å². The van der Waals surface area contributed by atoms with E-state index in [-0.39, 0.29) is 12.5 Å². The smallest absolute Gasteiger partial charge is 0.260 e. The SMILES string of the molecule is COC(CNC(=O)C(C)Oc1ccc(Cl)cc1)OC. The highest BCUT2D eigenvalue weighted by atomic mass is 35.5. The fraction of sp³-hybridized carbons (Fsp3) is 0.462. The molecule has 1 aromatic rings. The van der Waals surface area contributed by atoms with E-state index in [1.54, 1.807) is 31.2 Å². The second-order valence-corrected chi connectivity index (χ2v) is 4.30. The van der Waals surface area contributed by atoms with Crippen LogP contribution in [0.3, 0.4) is 0 Å². The number of hydrogen-bond donors (Lipinski definition) is 1. The van der Waals surface area contributed by atoms with Crippen molar-refractivity contribution in [1.82, 2.24) is 5.32 Å². The van der Waals surface area contributed by atoms with Crippen molar-refractivity contribution in [2.24, 2.45) is 0 Å². The highest BCUT2D eigenvalue weighted by Gasteiger charge is 2.16. The molecule has 1 amide bonds. The van der Waals surface area contributed by atoms with Gasteiger partial charge in [-0.15, -0.1) is 0 Å². The molecule has 106 valence electrons. The summed E-state index contributed by atoms with van der Waals surface area (Å²) >= 11 is 5.76. The van der Waals surface area contributed by atoms with Gasteiger partial charge < -0.3 is 19.5 Å². The van der Waals surface area contributed by atoms with Crippen molar-refractivity contribution in [3.05, 3.63) is 29.3 Å². The van der Waals surface area contributed by atoms with Crippen molar-refractivity contribution in [2.75, 3.05) is 20.8 Å². The second kappa shape index (κ2) is 7.99. The lowest BCUT2D eigenvalue weighted by molar-refractivity contribution is -0.132. The van der Waals surface area contributed by atoms with Crippen LogP contribution in [0.4, 0.5) is 0 Å². The Morgan fingerprint density at radius 3 is 2.37 bits per heavy atom. The number of amides is 1. The van der Waals surface area contributed by atoms with Gasteiger partial charge in [0, 0.05) is 19.2 Å². The lowest BCUT2D eigenvalue weighted by atomic mass is 10.3. The van der Waals surface area contributed by atoms with Crippen molar-refractivity contribution >= 4 is 17.5 Å². The van der Waals surface area contributed by atoms with E-state index in [4.69, 9.17) is 25.8 Å². The molecule has 1 atom stereocenters. The maximum absolute atomic E-state index is 11.8. The van der Waals surface area contributed by atoms with Crippen LogP contribution in [-0.2, 0) is 14.3 Å². The normalized spacial score (nSPS) is 12.3. The Bertz CT molecular complexity index is 392. The van der Waals surface area contributed by atoms with E-state index >= 15 is 0 Å². The molecule has 1 N–H and O–H groups in total. The van der Waals surface area contributed by atoms with E-state index in [1.807, 2.05) is 0 Å². The summed E-state index contributed by atoms with van der Waals surface area (Å²) in [4.78, 5) is 11.8. The molecule has 5 nitrogen and oxygen atoms in total. The van der Waals surface area contributed by atoms with Gasteiger partial charge in [-0.1, -0.05) is 11.6 Å². The molecule has 1 unspecified atom stereocenters. The summed E-state index contributed by atoms with van der Waals surface area (Å²) in [5.74, 6) is 0.344. The number of nitrogens with one attached hydrogen (secondary N) is 1. The first-order valence-electron chi connectivity index (χ1n) is 5.82. The summed E-state index contributed by atoms with van der Waals surface area (Å²) < 4.78 is 15.4. The van der Waals surface area contributed by atoms with Crippen LogP contribution >= 0.6 is 11.6 Å². The number of ether oxygens (including phenoxy) is 3. The lowest BCUT2D eigenvalue weighted by Crippen LogP contribution is -2.41. The molecular weight excluding hydrogens is 270 g/mol. The van der Waals surface area contributed by atoms with Gasteiger partial charge in [0.2, 0.25) is 0 Å². The summed E-state index contributed by atoms with van der Waals surface area (Å²) in [5, 5.41) is 3.29. The van der Waals surface area contributed by atoms with Crippen molar-refractivity contribution in [3.63, 3.8) is 0 Å². The molecule has 0 saturated carbocycles. The van der Waals surface area contributed by atoms with E-state index in [1.165, 1.54) is 14.2 Å². The Balaban J connectivity index is 2.42. The fourth-order valence-electron chi connectivity index (χ4n) is 1.36. The van der Waals surface area contributed by atoms with Crippen molar-refractivity contribution in [2.45, 2.75) is 19.3 Å². The predicted molar refractivity (Wildman–Crippen MR) is 72.4 cm³/mol. The van der Waals surface area contributed by atoms with Crippen LogP contribution in [0.1, 0.15) is 6.92 Å². The molecule has 0 aliphatic carbocycles. The van der Waals surface area contributed by atoms with Gasteiger partial charge in [-0.25, -0.2) is 0 Å². The zero-order valence-corrected chi connectivity index (χ0v) is 11.9. The largest absolute Gasteiger partial charge is 0.481 e. The van der Waals surface area contributed by atoms with Crippen LogP contribution in [0.5, 0.6) is 5.75 Å². The predicted octanol–water partition coefficient (Wildman–Crippen LogP) is 1.84. The highest BCUT2D eigenvalue weighted by molar-refractivity contribution is 6.30. The third kappa shape index (κ3) is 5.46. The van der Waals surface area contributed by atoms with E-state index in [0.29, 0.717) is 10.8 Å². The molecule has 0 saturated heterocycles. The molecule has 0 aromatic heterocycles. The first-order valence-corrected chi connectivity index (χ1v) is 6.20. The number of methoxy groups -OCH3 is 2. The molecular formula is C13H18ClNO4. The Labute approximate surface area is 117 Å². The summed E-state index contributed by atoms with van der Waals surface area (Å²) in [6.07, 6.45) is -1.08. The minimum absolute atomic E-state index is 0.242. The average molecular weight is 288 g/mol. The standard InChI is InChI=1S/C13H18ClNO4/c1-9(13(16)15-8-12(17-2)18-3)19-11-6-4-10(14)5-7-11/h4-7,9,12H,8H2,1-3H3,(H,15,16). The minimum Gasteiger partial charge on any atom is -0.481 e. The van der Waals surface area contributed by atoms with E-state index in [9.17, 15) is 4.79 Å². The fourth-order valence-corrected chi connectivity index (χ4v) is 1.49. The molecule has 0 radical (unpaired) electrons. The van der Waals surface area contributed by atoms with Gasteiger partial charge in [0.1, 0.15) is 5.75 Å². The van der Waals surface area contributed by atoms with Crippen LogP contribution in [0, 0.1) is 0 Å². The topological polar surface area (TPSA) is 56.8 Å². The Kier molecular flexibility index (Phi) is 6.62. The van der Waals surface area contributed by atoms with Gasteiger partial charge in [-0.2, -0.15) is 0 Å². The number of carbonyl (C=O) groups excluding carboxylic acids is 1. The number of carbonyl (C=O) groups is 1. The van der Waals surface area contributed by atoms with E-state index in [2.05, 4.69) is 5.32 Å². The molecule has 19 heavy (non-hydrogen) atoms. The summed E-state index contributed by atoms with van der Waals surface area (Å²) in [6.45, 7) is 1.93. The summed E-state index contributed by atoms with van der Waals surface area (Å²) in [6, 6.07) is 6.82. The third-order valence-electron chi connectivity index (χ3n) is 2.46. The average Bonchev–Trinajstić information content (AvgIpc) is 2.42. The molecule has 1 aromatic carbocycles. The molecule has 0 fully saturated rings. The van der Waals surface area contributed by atoms with Crippen LogP contribution in [-0.4, -0.2) is 39.1 Å². The Morgan fingerprint density at radius 1 is 1.26 bits per heavy atom. The number of benzene rings is 1. The van der Waals surface area contributed by atoms with E-state index < -0.39 is 12.4 Å². The zero-order chi connectivity index (χ0) is 14.3. The van der Waals surface area contributed by atoms with Gasteiger partial charge in [0.15, 0.2) is 12.4 Å². The molecule has 1 rings (SSSR count). The zero-order valence-electron chi connectivity index (χ0n) is 11.2. The lowest BCUT2D eigenvalue weighted by Gasteiger charge is -2.17. The molecule has 6 heteroatoms. The number of halogens is 1. The third-order valence-corrected chi connectivity index (χ3v) is 2.72. The quantitative estimate of drug-likeness (QED) is 0.778. The minimum atomic E-state index is -0.615.